The van der Waals surface area contributed by atoms with Crippen LogP contribution in [0.1, 0.15) is 43.9 Å². The lowest BCUT2D eigenvalue weighted by Gasteiger charge is -2.29. The van der Waals surface area contributed by atoms with Gasteiger partial charge in [-0.2, -0.15) is 13.2 Å². The van der Waals surface area contributed by atoms with E-state index in [2.05, 4.69) is 27.6 Å². The average molecular weight is 498 g/mol. The first-order valence-electron chi connectivity index (χ1n) is 9.20. The van der Waals surface area contributed by atoms with Crippen LogP contribution in [-0.2, 0) is 6.18 Å². The number of hydrogen-bond donors (Lipinski definition) is 2. The fraction of sp³-hybridized carbons (Fsp3) is 0.632. The van der Waals surface area contributed by atoms with Gasteiger partial charge in [0.1, 0.15) is 0 Å². The fourth-order valence-electron chi connectivity index (χ4n) is 3.24. The first kappa shape index (κ1) is 24.0. The summed E-state index contributed by atoms with van der Waals surface area (Å²) >= 11 is 0. The first-order chi connectivity index (χ1) is 12.3. The molecule has 0 aromatic heterocycles. The molecule has 1 aromatic carbocycles. The number of piperidine rings is 1. The molecular formula is C19H30F3IN4. The minimum Gasteiger partial charge on any atom is -0.357 e. The van der Waals surface area contributed by atoms with E-state index in [0.717, 1.165) is 32.1 Å². The second-order valence-electron chi connectivity index (χ2n) is 6.98. The van der Waals surface area contributed by atoms with E-state index in [1.165, 1.54) is 18.6 Å². The standard InChI is InChI=1S/C19H29F3N4.HI/c1-4-23-18(24-12-15-7-6-10-26(3)13-15)25-14(2)16-8-5-9-17(11-16)19(20,21)22;/h5,8-9,11,14-15H,4,6-7,10,12-13H2,1-3H3,(H2,23,24,25);1H. The van der Waals surface area contributed by atoms with Crippen LogP contribution in [0.5, 0.6) is 0 Å². The molecule has 0 spiro atoms. The van der Waals surface area contributed by atoms with Gasteiger partial charge in [0.15, 0.2) is 5.96 Å². The molecule has 0 aliphatic carbocycles. The van der Waals surface area contributed by atoms with Gasteiger partial charge in [0.2, 0.25) is 0 Å². The normalized spacial score (nSPS) is 19.9. The van der Waals surface area contributed by atoms with Gasteiger partial charge in [-0.15, -0.1) is 24.0 Å². The topological polar surface area (TPSA) is 39.7 Å². The van der Waals surface area contributed by atoms with E-state index in [0.29, 0.717) is 24.0 Å². The molecule has 0 radical (unpaired) electrons. The Kier molecular flexibility index (Phi) is 9.86. The Morgan fingerprint density at radius 1 is 1.37 bits per heavy atom. The Morgan fingerprint density at radius 3 is 2.74 bits per heavy atom. The number of alkyl halides is 3. The van der Waals surface area contributed by atoms with Gasteiger partial charge < -0.3 is 15.5 Å². The molecule has 27 heavy (non-hydrogen) atoms. The van der Waals surface area contributed by atoms with Crippen LogP contribution in [0, 0.1) is 5.92 Å². The number of aliphatic imine (C=N–C) groups is 1. The van der Waals surface area contributed by atoms with Gasteiger partial charge in [-0.05, 0) is 63.9 Å². The van der Waals surface area contributed by atoms with Crippen molar-refractivity contribution in [2.75, 3.05) is 33.2 Å². The second-order valence-corrected chi connectivity index (χ2v) is 6.98. The predicted octanol–water partition coefficient (Wildman–Crippen LogP) is 4.28. The van der Waals surface area contributed by atoms with Crippen molar-refractivity contribution in [3.63, 3.8) is 0 Å². The van der Waals surface area contributed by atoms with Crippen molar-refractivity contribution < 1.29 is 13.2 Å². The molecule has 154 valence electrons. The lowest BCUT2D eigenvalue weighted by atomic mass is 9.99. The van der Waals surface area contributed by atoms with E-state index in [-0.39, 0.29) is 30.0 Å². The summed E-state index contributed by atoms with van der Waals surface area (Å²) in [5.41, 5.74) is -0.0429. The number of nitrogens with one attached hydrogen (secondary N) is 2. The summed E-state index contributed by atoms with van der Waals surface area (Å²) in [4.78, 5) is 6.97. The van der Waals surface area contributed by atoms with Crippen molar-refractivity contribution in [3.05, 3.63) is 35.4 Å². The highest BCUT2D eigenvalue weighted by Gasteiger charge is 2.30. The molecule has 0 amide bonds. The number of nitrogens with zero attached hydrogens (tertiary/aromatic N) is 2. The molecule has 2 rings (SSSR count). The summed E-state index contributed by atoms with van der Waals surface area (Å²) in [6.45, 7) is 7.40. The van der Waals surface area contributed by atoms with Gasteiger partial charge in [0.25, 0.3) is 0 Å². The summed E-state index contributed by atoms with van der Waals surface area (Å²) in [5.74, 6) is 1.17. The van der Waals surface area contributed by atoms with Crippen molar-refractivity contribution >= 4 is 29.9 Å². The zero-order chi connectivity index (χ0) is 19.2. The SMILES string of the molecule is CCNC(=NCC1CCCN(C)C1)NC(C)c1cccc(C(F)(F)F)c1.I. The number of benzene rings is 1. The van der Waals surface area contributed by atoms with Crippen molar-refractivity contribution in [1.82, 2.24) is 15.5 Å². The van der Waals surface area contributed by atoms with Crippen LogP contribution in [0.4, 0.5) is 13.2 Å². The number of hydrogen-bond acceptors (Lipinski definition) is 2. The van der Waals surface area contributed by atoms with E-state index in [4.69, 9.17) is 0 Å². The van der Waals surface area contributed by atoms with Gasteiger partial charge in [-0.1, -0.05) is 12.1 Å². The van der Waals surface area contributed by atoms with E-state index in [1.807, 2.05) is 13.8 Å². The highest BCUT2D eigenvalue weighted by atomic mass is 127. The molecule has 0 saturated carbocycles. The minimum atomic E-state index is -4.33. The lowest BCUT2D eigenvalue weighted by Crippen LogP contribution is -2.40. The van der Waals surface area contributed by atoms with Crippen LogP contribution < -0.4 is 10.6 Å². The summed E-state index contributed by atoms with van der Waals surface area (Å²) in [6, 6.07) is 5.15. The van der Waals surface area contributed by atoms with Gasteiger partial charge >= 0.3 is 6.18 Å². The van der Waals surface area contributed by atoms with Crippen molar-refractivity contribution in [1.29, 1.82) is 0 Å². The smallest absolute Gasteiger partial charge is 0.357 e. The zero-order valence-electron chi connectivity index (χ0n) is 16.1. The zero-order valence-corrected chi connectivity index (χ0v) is 18.5. The maximum atomic E-state index is 12.9. The molecule has 4 nitrogen and oxygen atoms in total. The average Bonchev–Trinajstić information content (AvgIpc) is 2.59. The van der Waals surface area contributed by atoms with Gasteiger partial charge in [-0.3, -0.25) is 4.99 Å². The Morgan fingerprint density at radius 2 is 2.11 bits per heavy atom. The maximum absolute atomic E-state index is 12.9. The third-order valence-corrected chi connectivity index (χ3v) is 4.64. The molecule has 8 heteroatoms. The van der Waals surface area contributed by atoms with Crippen molar-refractivity contribution in [3.8, 4) is 0 Å². The molecule has 0 bridgehead atoms. The van der Waals surface area contributed by atoms with Crippen LogP contribution >= 0.6 is 24.0 Å². The molecule has 2 unspecified atom stereocenters. The molecule has 1 aliphatic heterocycles. The molecule has 1 saturated heterocycles. The Bertz CT molecular complexity index is 607. The first-order valence-corrected chi connectivity index (χ1v) is 9.20. The molecule has 2 atom stereocenters. The molecule has 1 heterocycles. The van der Waals surface area contributed by atoms with Crippen LogP contribution in [0.25, 0.3) is 0 Å². The van der Waals surface area contributed by atoms with E-state index in [1.54, 1.807) is 6.07 Å². The third-order valence-electron chi connectivity index (χ3n) is 4.64. The lowest BCUT2D eigenvalue weighted by molar-refractivity contribution is -0.137. The Hall–Kier alpha value is -1.03. The van der Waals surface area contributed by atoms with Crippen LogP contribution in [0.2, 0.25) is 0 Å². The highest BCUT2D eigenvalue weighted by Crippen LogP contribution is 2.30. The number of guanidine groups is 1. The fourth-order valence-corrected chi connectivity index (χ4v) is 3.24. The Balaban J connectivity index is 0.00000364. The van der Waals surface area contributed by atoms with Crippen molar-refractivity contribution in [2.24, 2.45) is 10.9 Å². The van der Waals surface area contributed by atoms with Gasteiger partial charge in [-0.25, -0.2) is 0 Å². The molecule has 1 aromatic rings. The quantitative estimate of drug-likeness (QED) is 0.362. The molecule has 1 aliphatic rings. The van der Waals surface area contributed by atoms with E-state index < -0.39 is 11.7 Å². The maximum Gasteiger partial charge on any atom is 0.416 e. The predicted molar refractivity (Wildman–Crippen MR) is 115 cm³/mol. The van der Waals surface area contributed by atoms with Gasteiger partial charge in [0, 0.05) is 19.6 Å². The number of likely N-dealkylation sites (tertiary alicyclic amines) is 1. The van der Waals surface area contributed by atoms with Crippen LogP contribution in [0.15, 0.2) is 29.3 Å². The van der Waals surface area contributed by atoms with E-state index >= 15 is 0 Å². The largest absolute Gasteiger partial charge is 0.416 e. The number of halogens is 4. The Labute approximate surface area is 177 Å². The third kappa shape index (κ3) is 7.85. The number of rotatable bonds is 5. The molecular weight excluding hydrogens is 468 g/mol. The van der Waals surface area contributed by atoms with Crippen LogP contribution in [0.3, 0.4) is 0 Å². The van der Waals surface area contributed by atoms with Gasteiger partial charge in [0.05, 0.1) is 11.6 Å². The van der Waals surface area contributed by atoms with Crippen molar-refractivity contribution in [2.45, 2.75) is 38.9 Å². The highest BCUT2D eigenvalue weighted by molar-refractivity contribution is 14.0. The van der Waals surface area contributed by atoms with Crippen LogP contribution in [-0.4, -0.2) is 44.1 Å². The second kappa shape index (κ2) is 11.1. The minimum absolute atomic E-state index is 0. The molecule has 1 fully saturated rings. The summed E-state index contributed by atoms with van der Waals surface area (Å²) in [5, 5.41) is 6.40. The summed E-state index contributed by atoms with van der Waals surface area (Å²) in [7, 11) is 2.12. The summed E-state index contributed by atoms with van der Waals surface area (Å²) in [6.07, 6.45) is -1.99. The van der Waals surface area contributed by atoms with E-state index in [9.17, 15) is 13.2 Å². The molecule has 2 N–H and O–H groups in total. The monoisotopic (exact) mass is 498 g/mol. The summed E-state index contributed by atoms with van der Waals surface area (Å²) < 4.78 is 38.7.